The minimum absolute atomic E-state index is 0.480. The van der Waals surface area contributed by atoms with Crippen molar-refractivity contribution >= 4 is 27.3 Å². The number of hydrogen-bond donors (Lipinski definition) is 1. The van der Waals surface area contributed by atoms with Gasteiger partial charge in [-0.15, -0.1) is 11.3 Å². The molecule has 0 aliphatic heterocycles. The first kappa shape index (κ1) is 12.8. The molecule has 2 heterocycles. The Morgan fingerprint density at radius 1 is 1.53 bits per heavy atom. The molecule has 0 radical (unpaired) electrons. The second-order valence-corrected chi connectivity index (χ2v) is 6.05. The van der Waals surface area contributed by atoms with Gasteiger partial charge in [-0.1, -0.05) is 13.8 Å². The fourth-order valence-corrected chi connectivity index (χ4v) is 3.01. The molecule has 5 heteroatoms. The molecular formula is C12H16BrN3S. The Bertz CT molecular complexity index is 476. The summed E-state index contributed by atoms with van der Waals surface area (Å²) < 4.78 is 3.37. The van der Waals surface area contributed by atoms with E-state index < -0.39 is 0 Å². The first-order valence-electron chi connectivity index (χ1n) is 5.62. The van der Waals surface area contributed by atoms with E-state index in [9.17, 15) is 0 Å². The minimum atomic E-state index is 0.480. The summed E-state index contributed by atoms with van der Waals surface area (Å²) in [6, 6.07) is 2.57. The van der Waals surface area contributed by atoms with Crippen LogP contribution in [0.25, 0.3) is 0 Å². The van der Waals surface area contributed by atoms with Crippen molar-refractivity contribution in [3.8, 4) is 0 Å². The lowest BCUT2D eigenvalue weighted by atomic mass is 10.4. The van der Waals surface area contributed by atoms with Gasteiger partial charge < -0.3 is 9.88 Å². The highest BCUT2D eigenvalue weighted by atomic mass is 79.9. The summed E-state index contributed by atoms with van der Waals surface area (Å²) in [6.07, 6.45) is 3.89. The Kier molecular flexibility index (Phi) is 4.36. The number of aromatic nitrogens is 2. The van der Waals surface area contributed by atoms with E-state index in [0.29, 0.717) is 6.04 Å². The molecule has 2 aromatic heterocycles. The standard InChI is InChI=1S/C12H16BrN3S/c1-9(2)15-7-12-14-4-5-16(12)8-11-10(13)3-6-17-11/h3-6,9,15H,7-8H2,1-2H3. The normalized spacial score (nSPS) is 11.3. The second-order valence-electron chi connectivity index (χ2n) is 4.20. The molecule has 0 fully saturated rings. The maximum absolute atomic E-state index is 4.39. The number of imidazole rings is 1. The molecule has 1 N–H and O–H groups in total. The number of hydrogen-bond acceptors (Lipinski definition) is 3. The van der Waals surface area contributed by atoms with Gasteiger partial charge in [-0.3, -0.25) is 0 Å². The molecule has 0 saturated heterocycles. The zero-order valence-electron chi connectivity index (χ0n) is 9.98. The van der Waals surface area contributed by atoms with E-state index in [1.807, 2.05) is 12.4 Å². The average Bonchev–Trinajstić information content (AvgIpc) is 2.87. The summed E-state index contributed by atoms with van der Waals surface area (Å²) in [5.41, 5.74) is 0. The van der Waals surface area contributed by atoms with Gasteiger partial charge in [-0.05, 0) is 27.4 Å². The topological polar surface area (TPSA) is 29.9 Å². The van der Waals surface area contributed by atoms with Crippen LogP contribution in [0.5, 0.6) is 0 Å². The monoisotopic (exact) mass is 313 g/mol. The van der Waals surface area contributed by atoms with E-state index in [1.54, 1.807) is 11.3 Å². The van der Waals surface area contributed by atoms with Gasteiger partial charge in [0.1, 0.15) is 5.82 Å². The van der Waals surface area contributed by atoms with Gasteiger partial charge >= 0.3 is 0 Å². The molecule has 0 aromatic carbocycles. The van der Waals surface area contributed by atoms with E-state index >= 15 is 0 Å². The maximum Gasteiger partial charge on any atom is 0.122 e. The molecular weight excluding hydrogens is 298 g/mol. The van der Waals surface area contributed by atoms with E-state index in [1.165, 1.54) is 9.35 Å². The molecule has 3 nitrogen and oxygen atoms in total. The Labute approximate surface area is 114 Å². The molecule has 0 saturated carbocycles. The lowest BCUT2D eigenvalue weighted by molar-refractivity contribution is 0.555. The predicted octanol–water partition coefficient (Wildman–Crippen LogP) is 3.25. The summed E-state index contributed by atoms with van der Waals surface area (Å²) >= 11 is 5.32. The van der Waals surface area contributed by atoms with Gasteiger partial charge in [0.15, 0.2) is 0 Å². The largest absolute Gasteiger partial charge is 0.329 e. The van der Waals surface area contributed by atoms with Gasteiger partial charge in [0.05, 0.1) is 13.1 Å². The highest BCUT2D eigenvalue weighted by Gasteiger charge is 2.07. The van der Waals surface area contributed by atoms with Crippen molar-refractivity contribution in [3.05, 3.63) is 39.0 Å². The Morgan fingerprint density at radius 2 is 2.35 bits per heavy atom. The molecule has 2 rings (SSSR count). The average molecular weight is 314 g/mol. The molecule has 0 aliphatic rings. The van der Waals surface area contributed by atoms with Crippen LogP contribution < -0.4 is 5.32 Å². The highest BCUT2D eigenvalue weighted by molar-refractivity contribution is 9.10. The number of thiophene rings is 1. The molecule has 17 heavy (non-hydrogen) atoms. The van der Waals surface area contributed by atoms with Crippen LogP contribution in [-0.4, -0.2) is 15.6 Å². The predicted molar refractivity (Wildman–Crippen MR) is 75.3 cm³/mol. The Morgan fingerprint density at radius 3 is 3.00 bits per heavy atom. The van der Waals surface area contributed by atoms with Crippen LogP contribution in [-0.2, 0) is 13.1 Å². The van der Waals surface area contributed by atoms with E-state index in [4.69, 9.17) is 0 Å². The van der Waals surface area contributed by atoms with Crippen LogP contribution in [0.3, 0.4) is 0 Å². The zero-order chi connectivity index (χ0) is 12.3. The summed E-state index contributed by atoms with van der Waals surface area (Å²) in [5, 5.41) is 5.49. The Hall–Kier alpha value is -0.650. The van der Waals surface area contributed by atoms with Crippen molar-refractivity contribution in [2.45, 2.75) is 33.0 Å². The van der Waals surface area contributed by atoms with Crippen molar-refractivity contribution in [3.63, 3.8) is 0 Å². The van der Waals surface area contributed by atoms with E-state index in [2.05, 4.69) is 56.1 Å². The van der Waals surface area contributed by atoms with Crippen molar-refractivity contribution in [1.29, 1.82) is 0 Å². The minimum Gasteiger partial charge on any atom is -0.329 e. The number of rotatable bonds is 5. The van der Waals surface area contributed by atoms with Crippen molar-refractivity contribution in [1.82, 2.24) is 14.9 Å². The number of nitrogens with one attached hydrogen (secondary N) is 1. The van der Waals surface area contributed by atoms with Gasteiger partial charge in [-0.2, -0.15) is 0 Å². The SMILES string of the molecule is CC(C)NCc1nccn1Cc1sccc1Br. The molecule has 0 bridgehead atoms. The lowest BCUT2D eigenvalue weighted by Crippen LogP contribution is -2.24. The first-order valence-corrected chi connectivity index (χ1v) is 7.29. The number of nitrogens with zero attached hydrogens (tertiary/aromatic N) is 2. The van der Waals surface area contributed by atoms with Gasteiger partial charge in [0.25, 0.3) is 0 Å². The molecule has 0 amide bonds. The smallest absolute Gasteiger partial charge is 0.122 e. The summed E-state index contributed by atoms with van der Waals surface area (Å²) in [6.45, 7) is 5.98. The molecule has 0 aliphatic carbocycles. The van der Waals surface area contributed by atoms with E-state index in [-0.39, 0.29) is 0 Å². The van der Waals surface area contributed by atoms with Crippen molar-refractivity contribution in [2.75, 3.05) is 0 Å². The van der Waals surface area contributed by atoms with Gasteiger partial charge in [0.2, 0.25) is 0 Å². The third-order valence-electron chi connectivity index (χ3n) is 2.48. The first-order chi connectivity index (χ1) is 8.16. The van der Waals surface area contributed by atoms with Crippen LogP contribution >= 0.6 is 27.3 Å². The quantitative estimate of drug-likeness (QED) is 0.918. The summed E-state index contributed by atoms with van der Waals surface area (Å²) in [4.78, 5) is 5.72. The van der Waals surface area contributed by atoms with Crippen LogP contribution in [0, 0.1) is 0 Å². The van der Waals surface area contributed by atoms with Crippen LogP contribution in [0.15, 0.2) is 28.3 Å². The van der Waals surface area contributed by atoms with Gasteiger partial charge in [0, 0.05) is 27.8 Å². The molecule has 0 atom stereocenters. The fourth-order valence-electron chi connectivity index (χ4n) is 1.54. The van der Waals surface area contributed by atoms with Crippen LogP contribution in [0.1, 0.15) is 24.5 Å². The van der Waals surface area contributed by atoms with E-state index in [0.717, 1.165) is 18.9 Å². The van der Waals surface area contributed by atoms with Crippen LogP contribution in [0.2, 0.25) is 0 Å². The van der Waals surface area contributed by atoms with Gasteiger partial charge in [-0.25, -0.2) is 4.98 Å². The maximum atomic E-state index is 4.39. The second kappa shape index (κ2) is 5.80. The zero-order valence-corrected chi connectivity index (χ0v) is 12.4. The van der Waals surface area contributed by atoms with Crippen molar-refractivity contribution in [2.24, 2.45) is 0 Å². The van der Waals surface area contributed by atoms with Crippen molar-refractivity contribution < 1.29 is 0 Å². The molecule has 92 valence electrons. The summed E-state index contributed by atoms with van der Waals surface area (Å²) in [5.74, 6) is 1.08. The fraction of sp³-hybridized carbons (Fsp3) is 0.417. The lowest BCUT2D eigenvalue weighted by Gasteiger charge is -2.10. The molecule has 2 aromatic rings. The van der Waals surface area contributed by atoms with Crippen LogP contribution in [0.4, 0.5) is 0 Å². The summed E-state index contributed by atoms with van der Waals surface area (Å²) in [7, 11) is 0. The third-order valence-corrected chi connectivity index (χ3v) is 4.39. The Balaban J connectivity index is 2.06. The highest BCUT2D eigenvalue weighted by Crippen LogP contribution is 2.23. The molecule has 0 spiro atoms. The third kappa shape index (κ3) is 3.40. The molecule has 0 unspecified atom stereocenters. The number of halogens is 1.